The van der Waals surface area contributed by atoms with Crippen molar-refractivity contribution in [3.8, 4) is 0 Å². The van der Waals surface area contributed by atoms with E-state index in [2.05, 4.69) is 25.5 Å². The van der Waals surface area contributed by atoms with Crippen LogP contribution in [-0.4, -0.2) is 49.9 Å². The lowest BCUT2D eigenvalue weighted by Crippen LogP contribution is -2.44. The third-order valence-electron chi connectivity index (χ3n) is 7.27. The fraction of sp³-hybridized carbons (Fsp3) is 0.370. The molecule has 4 heterocycles. The molecule has 0 spiro atoms. The summed E-state index contributed by atoms with van der Waals surface area (Å²) in [6.07, 6.45) is 3.97. The van der Waals surface area contributed by atoms with Gasteiger partial charge in [-0.1, -0.05) is 35.5 Å². The summed E-state index contributed by atoms with van der Waals surface area (Å²) in [6.45, 7) is 3.51. The van der Waals surface area contributed by atoms with Gasteiger partial charge in [-0.05, 0) is 42.2 Å². The second kappa shape index (κ2) is 9.83. The van der Waals surface area contributed by atoms with Gasteiger partial charge in [-0.2, -0.15) is 0 Å². The second-order valence-electron chi connectivity index (χ2n) is 9.67. The molecular weight excluding hydrogens is 459 g/mol. The highest BCUT2D eigenvalue weighted by molar-refractivity contribution is 5.88. The van der Waals surface area contributed by atoms with Crippen LogP contribution in [0.25, 0.3) is 10.9 Å². The highest BCUT2D eigenvalue weighted by Gasteiger charge is 2.27. The van der Waals surface area contributed by atoms with E-state index >= 15 is 0 Å². The Hall–Kier alpha value is -3.56. The number of hydrogen-bond donors (Lipinski definition) is 2. The van der Waals surface area contributed by atoms with Crippen molar-refractivity contribution in [2.24, 2.45) is 0 Å². The molecule has 1 amide bonds. The van der Waals surface area contributed by atoms with Crippen LogP contribution < -0.4 is 5.32 Å². The number of amides is 1. The summed E-state index contributed by atoms with van der Waals surface area (Å²) in [4.78, 5) is 18.3. The Morgan fingerprint density at radius 2 is 1.94 bits per heavy atom. The zero-order valence-corrected chi connectivity index (χ0v) is 20.0. The minimum Gasteiger partial charge on any atom is -0.365 e. The number of ether oxygens (including phenoxy) is 1. The number of likely N-dealkylation sites (tertiary alicyclic amines) is 1. The monoisotopic (exact) mass is 488 g/mol. The van der Waals surface area contributed by atoms with E-state index in [1.807, 2.05) is 35.1 Å². The standard InChI is InChI=1S/C27H29FN6O2/c28-20-7-5-18(6-8-20)26-16-34-25(17-36-26)24(31-32-34)15-33-11-9-21(10-12-33)30-27(35)13-19-14-29-23-4-2-1-3-22(19)23/h1-8,14,21,26,29H,9-13,15-17H2,(H,30,35)/t26-/m1/s1. The van der Waals surface area contributed by atoms with Crippen molar-refractivity contribution in [2.45, 2.75) is 51.1 Å². The highest BCUT2D eigenvalue weighted by Crippen LogP contribution is 2.28. The zero-order valence-electron chi connectivity index (χ0n) is 20.0. The Morgan fingerprint density at radius 3 is 2.78 bits per heavy atom. The SMILES string of the molecule is O=C(Cc1c[nH]c2ccccc12)NC1CCN(Cc2nnn3c2CO[C@@H](c2ccc(F)cc2)C3)CC1. The van der Waals surface area contributed by atoms with E-state index in [4.69, 9.17) is 4.74 Å². The molecule has 1 fully saturated rings. The topological polar surface area (TPSA) is 88.1 Å². The molecule has 2 N–H and O–H groups in total. The average molecular weight is 489 g/mol. The first kappa shape index (κ1) is 22.9. The molecule has 1 atom stereocenters. The zero-order chi connectivity index (χ0) is 24.5. The molecule has 2 aromatic carbocycles. The van der Waals surface area contributed by atoms with Gasteiger partial charge in [0, 0.05) is 42.8 Å². The molecule has 0 unspecified atom stereocenters. The van der Waals surface area contributed by atoms with Gasteiger partial charge >= 0.3 is 0 Å². The minimum atomic E-state index is -0.254. The lowest BCUT2D eigenvalue weighted by atomic mass is 10.0. The van der Waals surface area contributed by atoms with E-state index in [0.717, 1.165) is 65.9 Å². The van der Waals surface area contributed by atoms with Crippen molar-refractivity contribution in [1.29, 1.82) is 0 Å². The van der Waals surface area contributed by atoms with Crippen molar-refractivity contribution in [1.82, 2.24) is 30.2 Å². The lowest BCUT2D eigenvalue weighted by molar-refractivity contribution is -0.121. The maximum absolute atomic E-state index is 13.2. The first-order valence-electron chi connectivity index (χ1n) is 12.5. The molecule has 0 saturated carbocycles. The number of aromatic amines is 1. The van der Waals surface area contributed by atoms with E-state index in [1.165, 1.54) is 12.1 Å². The van der Waals surface area contributed by atoms with Crippen molar-refractivity contribution < 1.29 is 13.9 Å². The molecular formula is C27H29FN6O2. The van der Waals surface area contributed by atoms with Crippen LogP contribution in [0.3, 0.4) is 0 Å². The second-order valence-corrected chi connectivity index (χ2v) is 9.67. The maximum atomic E-state index is 13.2. The fourth-order valence-electron chi connectivity index (χ4n) is 5.24. The van der Waals surface area contributed by atoms with Crippen LogP contribution in [0.15, 0.2) is 54.7 Å². The lowest BCUT2D eigenvalue weighted by Gasteiger charge is -2.32. The van der Waals surface area contributed by atoms with E-state index in [1.54, 1.807) is 12.1 Å². The van der Waals surface area contributed by atoms with Crippen LogP contribution in [0.1, 0.15) is 41.5 Å². The molecule has 186 valence electrons. The highest BCUT2D eigenvalue weighted by atomic mass is 19.1. The summed E-state index contributed by atoms with van der Waals surface area (Å²) >= 11 is 0. The Morgan fingerprint density at radius 1 is 1.14 bits per heavy atom. The number of rotatable bonds is 6. The largest absolute Gasteiger partial charge is 0.365 e. The third-order valence-corrected chi connectivity index (χ3v) is 7.27. The van der Waals surface area contributed by atoms with Gasteiger partial charge in [-0.25, -0.2) is 9.07 Å². The number of nitrogens with one attached hydrogen (secondary N) is 2. The Labute approximate surface area is 208 Å². The van der Waals surface area contributed by atoms with Crippen LogP contribution in [-0.2, 0) is 35.6 Å². The molecule has 0 aliphatic carbocycles. The molecule has 0 radical (unpaired) electrons. The summed E-state index contributed by atoms with van der Waals surface area (Å²) in [7, 11) is 0. The van der Waals surface area contributed by atoms with Crippen molar-refractivity contribution >= 4 is 16.8 Å². The Kier molecular flexibility index (Phi) is 6.25. The van der Waals surface area contributed by atoms with Gasteiger partial charge in [0.25, 0.3) is 0 Å². The van der Waals surface area contributed by atoms with Gasteiger partial charge in [0.15, 0.2) is 0 Å². The minimum absolute atomic E-state index is 0.0680. The van der Waals surface area contributed by atoms with Gasteiger partial charge < -0.3 is 15.0 Å². The number of benzene rings is 2. The van der Waals surface area contributed by atoms with Gasteiger partial charge in [0.1, 0.15) is 17.6 Å². The molecule has 2 aliphatic rings. The van der Waals surface area contributed by atoms with Crippen LogP contribution in [0, 0.1) is 5.82 Å². The number of nitrogens with zero attached hydrogens (tertiary/aromatic N) is 4. The smallest absolute Gasteiger partial charge is 0.224 e. The van der Waals surface area contributed by atoms with Crippen molar-refractivity contribution in [3.63, 3.8) is 0 Å². The van der Waals surface area contributed by atoms with Crippen LogP contribution in [0.2, 0.25) is 0 Å². The van der Waals surface area contributed by atoms with Crippen molar-refractivity contribution in [2.75, 3.05) is 13.1 Å². The molecule has 1 saturated heterocycles. The fourth-order valence-corrected chi connectivity index (χ4v) is 5.24. The first-order chi connectivity index (χ1) is 17.6. The number of hydrogen-bond acceptors (Lipinski definition) is 5. The number of carbonyl (C=O) groups excluding carboxylic acids is 1. The first-order valence-corrected chi connectivity index (χ1v) is 12.5. The molecule has 8 nitrogen and oxygen atoms in total. The van der Waals surface area contributed by atoms with Crippen LogP contribution in [0.4, 0.5) is 4.39 Å². The van der Waals surface area contributed by atoms with Crippen molar-refractivity contribution in [3.05, 3.63) is 83.1 Å². The number of carbonyl (C=O) groups is 1. The summed E-state index contributed by atoms with van der Waals surface area (Å²) in [6, 6.07) is 14.7. The van der Waals surface area contributed by atoms with Crippen LogP contribution >= 0.6 is 0 Å². The van der Waals surface area contributed by atoms with Crippen LogP contribution in [0.5, 0.6) is 0 Å². The summed E-state index contributed by atoms with van der Waals surface area (Å²) < 4.78 is 21.2. The van der Waals surface area contributed by atoms with Gasteiger partial charge in [0.05, 0.1) is 25.3 Å². The van der Waals surface area contributed by atoms with E-state index in [-0.39, 0.29) is 23.9 Å². The molecule has 36 heavy (non-hydrogen) atoms. The number of para-hydroxylation sites is 1. The molecule has 6 rings (SSSR count). The molecule has 4 aromatic rings. The van der Waals surface area contributed by atoms with E-state index < -0.39 is 0 Å². The van der Waals surface area contributed by atoms with Gasteiger partial charge in [-0.15, -0.1) is 5.10 Å². The number of H-pyrrole nitrogens is 1. The number of piperidine rings is 1. The van der Waals surface area contributed by atoms with E-state index in [0.29, 0.717) is 19.6 Å². The molecule has 2 aliphatic heterocycles. The quantitative estimate of drug-likeness (QED) is 0.434. The third kappa shape index (κ3) is 4.76. The van der Waals surface area contributed by atoms with Gasteiger partial charge in [0.2, 0.25) is 5.91 Å². The summed E-state index contributed by atoms with van der Waals surface area (Å²) in [5.41, 5.74) is 4.97. The predicted molar refractivity (Wildman–Crippen MR) is 132 cm³/mol. The Bertz CT molecular complexity index is 1360. The van der Waals surface area contributed by atoms with E-state index in [9.17, 15) is 9.18 Å². The average Bonchev–Trinajstić information content (AvgIpc) is 3.49. The summed E-state index contributed by atoms with van der Waals surface area (Å²) in [5, 5.41) is 13.1. The maximum Gasteiger partial charge on any atom is 0.224 e. The predicted octanol–water partition coefficient (Wildman–Crippen LogP) is 3.49. The normalized spacial score (nSPS) is 18.9. The number of halogens is 1. The molecule has 9 heteroatoms. The molecule has 0 bridgehead atoms. The summed E-state index contributed by atoms with van der Waals surface area (Å²) in [5.74, 6) is -0.186. The Balaban J connectivity index is 0.998. The number of aromatic nitrogens is 4. The molecule has 2 aromatic heterocycles. The number of fused-ring (bicyclic) bond motifs is 2. The van der Waals surface area contributed by atoms with Gasteiger partial charge in [-0.3, -0.25) is 9.69 Å².